The van der Waals surface area contributed by atoms with Gasteiger partial charge in [-0.1, -0.05) is 30.2 Å². The Morgan fingerprint density at radius 1 is 1.04 bits per heavy atom. The Balaban J connectivity index is 2.39. The van der Waals surface area contributed by atoms with Crippen LogP contribution in [0.3, 0.4) is 0 Å². The molecule has 0 aromatic heterocycles. The maximum Gasteiger partial charge on any atom is 0.416 e. The molecule has 0 saturated carbocycles. The van der Waals surface area contributed by atoms with Crippen molar-refractivity contribution >= 4 is 12.2 Å². The molecule has 0 aliphatic carbocycles. The minimum absolute atomic E-state index is 0.156. The summed E-state index contributed by atoms with van der Waals surface area (Å²) in [7, 11) is 0. The molecule has 0 bridgehead atoms. The average molecular weight is 318 g/mol. The van der Waals surface area contributed by atoms with Gasteiger partial charge in [0.05, 0.1) is 5.56 Å². The largest absolute Gasteiger partial charge is 0.416 e. The van der Waals surface area contributed by atoms with E-state index in [0.29, 0.717) is 6.07 Å². The summed E-state index contributed by atoms with van der Waals surface area (Å²) >= 11 is 0. The number of rotatable bonds is 2. The summed E-state index contributed by atoms with van der Waals surface area (Å²) in [6, 6.07) is 7.99. The van der Waals surface area contributed by atoms with Crippen molar-refractivity contribution in [3.63, 3.8) is 0 Å². The van der Waals surface area contributed by atoms with Crippen molar-refractivity contribution in [2.24, 2.45) is 0 Å². The molecule has 2 aromatic rings. The highest BCUT2D eigenvalue weighted by Gasteiger charge is 2.31. The van der Waals surface area contributed by atoms with E-state index in [4.69, 9.17) is 0 Å². The van der Waals surface area contributed by atoms with Crippen LogP contribution in [0.2, 0.25) is 0 Å². The van der Waals surface area contributed by atoms with Crippen LogP contribution in [-0.2, 0) is 6.18 Å². The lowest BCUT2D eigenvalue weighted by molar-refractivity contribution is -0.137. The van der Waals surface area contributed by atoms with Gasteiger partial charge in [0.15, 0.2) is 0 Å². The lowest BCUT2D eigenvalue weighted by Crippen LogP contribution is -2.05. The van der Waals surface area contributed by atoms with Gasteiger partial charge in [0.25, 0.3) is 0 Å². The van der Waals surface area contributed by atoms with Gasteiger partial charge in [-0.2, -0.15) is 13.2 Å². The van der Waals surface area contributed by atoms with Crippen molar-refractivity contribution in [1.29, 1.82) is 0 Å². The fourth-order valence-electron chi connectivity index (χ4n) is 2.16. The molecular weight excluding hydrogens is 304 g/mol. The maximum absolute atomic E-state index is 13.4. The molecule has 0 aliphatic heterocycles. The number of hydrogen-bond acceptors (Lipinski definition) is 0. The van der Waals surface area contributed by atoms with Crippen LogP contribution in [-0.4, -0.2) is 0 Å². The first-order chi connectivity index (χ1) is 10.8. The molecule has 0 aliphatic rings. The third-order valence-corrected chi connectivity index (χ3v) is 3.34. The van der Waals surface area contributed by atoms with E-state index in [2.05, 4.69) is 11.8 Å². The maximum atomic E-state index is 13.4. The predicted molar refractivity (Wildman–Crippen MR) is 84.1 cm³/mol. The van der Waals surface area contributed by atoms with E-state index in [9.17, 15) is 17.6 Å². The summed E-state index contributed by atoms with van der Waals surface area (Å²) in [5.41, 5.74) is 1.75. The van der Waals surface area contributed by atoms with Crippen molar-refractivity contribution in [2.75, 3.05) is 0 Å². The van der Waals surface area contributed by atoms with Gasteiger partial charge in [-0.3, -0.25) is 0 Å². The van der Waals surface area contributed by atoms with E-state index in [-0.39, 0.29) is 5.56 Å². The van der Waals surface area contributed by atoms with Crippen LogP contribution < -0.4 is 0 Å². The second-order valence-corrected chi connectivity index (χ2v) is 5.00. The molecule has 0 N–H and O–H groups in total. The molecule has 4 heteroatoms. The molecule has 0 spiro atoms. The Bertz CT molecular complexity index is 802. The van der Waals surface area contributed by atoms with Crippen LogP contribution in [0, 0.1) is 24.6 Å². The second-order valence-electron chi connectivity index (χ2n) is 5.00. The number of halogens is 4. The predicted octanol–water partition coefficient (Wildman–Crippen LogP) is 5.69. The van der Waals surface area contributed by atoms with Gasteiger partial charge in [0.2, 0.25) is 0 Å². The van der Waals surface area contributed by atoms with Crippen LogP contribution in [0.5, 0.6) is 0 Å². The molecule has 23 heavy (non-hydrogen) atoms. The smallest absolute Gasteiger partial charge is 0.207 e. The van der Waals surface area contributed by atoms with Gasteiger partial charge in [-0.05, 0) is 54.8 Å². The Labute approximate surface area is 132 Å². The molecular formula is C19H14F4. The van der Waals surface area contributed by atoms with Crippen LogP contribution in [0.1, 0.15) is 34.7 Å². The van der Waals surface area contributed by atoms with E-state index >= 15 is 0 Å². The van der Waals surface area contributed by atoms with E-state index in [1.165, 1.54) is 6.08 Å². The summed E-state index contributed by atoms with van der Waals surface area (Å²) in [6.45, 7) is 3.61. The molecule has 2 aromatic carbocycles. The first-order valence-electron chi connectivity index (χ1n) is 6.89. The summed E-state index contributed by atoms with van der Waals surface area (Å²) < 4.78 is 51.5. The molecule has 0 amide bonds. The Morgan fingerprint density at radius 2 is 1.78 bits per heavy atom. The first kappa shape index (κ1) is 16.8. The molecule has 0 atom stereocenters. The molecule has 0 radical (unpaired) electrons. The van der Waals surface area contributed by atoms with Crippen molar-refractivity contribution in [3.05, 3.63) is 70.0 Å². The van der Waals surface area contributed by atoms with Crippen molar-refractivity contribution < 1.29 is 17.6 Å². The van der Waals surface area contributed by atoms with E-state index in [1.54, 1.807) is 13.0 Å². The second kappa shape index (κ2) is 6.70. The highest BCUT2D eigenvalue weighted by atomic mass is 19.4. The monoisotopic (exact) mass is 318 g/mol. The zero-order valence-electron chi connectivity index (χ0n) is 12.6. The molecule has 0 unspecified atom stereocenters. The lowest BCUT2D eigenvalue weighted by Gasteiger charge is -2.08. The molecule has 0 fully saturated rings. The minimum atomic E-state index is -4.57. The fourth-order valence-corrected chi connectivity index (χ4v) is 2.16. The standard InChI is InChI=1S/C19H14F4/c1-3-5-15-6-4-7-16(13(15)2)9-8-14-10-17(19(21,22)23)12-18(20)11-14/h4,6-12H,1-2H3/b9-8+. The van der Waals surface area contributed by atoms with Gasteiger partial charge < -0.3 is 0 Å². The molecule has 0 nitrogen and oxygen atoms in total. The number of alkyl halides is 3. The number of hydrogen-bond donors (Lipinski definition) is 0. The Hall–Kier alpha value is -2.54. The van der Waals surface area contributed by atoms with Crippen molar-refractivity contribution in [1.82, 2.24) is 0 Å². The van der Waals surface area contributed by atoms with Gasteiger partial charge in [0, 0.05) is 5.56 Å². The highest BCUT2D eigenvalue weighted by molar-refractivity contribution is 5.72. The minimum Gasteiger partial charge on any atom is -0.207 e. The SMILES string of the molecule is CC#Cc1cccc(/C=C/c2cc(F)cc(C(F)(F)F)c2)c1C. The van der Waals surface area contributed by atoms with Crippen LogP contribution in [0.25, 0.3) is 12.2 Å². The third-order valence-electron chi connectivity index (χ3n) is 3.34. The fraction of sp³-hybridized carbons (Fsp3) is 0.158. The van der Waals surface area contributed by atoms with E-state index in [0.717, 1.165) is 28.8 Å². The Morgan fingerprint density at radius 3 is 2.43 bits per heavy atom. The van der Waals surface area contributed by atoms with Gasteiger partial charge in [0.1, 0.15) is 5.82 Å². The summed E-state index contributed by atoms with van der Waals surface area (Å²) in [5.74, 6) is 4.85. The topological polar surface area (TPSA) is 0 Å². The molecule has 0 saturated heterocycles. The van der Waals surface area contributed by atoms with Gasteiger partial charge >= 0.3 is 6.18 Å². The Kier molecular flexibility index (Phi) is 4.90. The van der Waals surface area contributed by atoms with Gasteiger partial charge in [-0.25, -0.2) is 4.39 Å². The average Bonchev–Trinajstić information content (AvgIpc) is 2.47. The lowest BCUT2D eigenvalue weighted by atomic mass is 10.0. The van der Waals surface area contributed by atoms with E-state index < -0.39 is 17.6 Å². The first-order valence-corrected chi connectivity index (χ1v) is 6.89. The normalized spacial score (nSPS) is 11.4. The van der Waals surface area contributed by atoms with Crippen molar-refractivity contribution in [2.45, 2.75) is 20.0 Å². The van der Waals surface area contributed by atoms with Crippen LogP contribution >= 0.6 is 0 Å². The van der Waals surface area contributed by atoms with E-state index in [1.807, 2.05) is 25.1 Å². The summed E-state index contributed by atoms with van der Waals surface area (Å²) in [6.07, 6.45) is -1.45. The van der Waals surface area contributed by atoms with Crippen LogP contribution in [0.15, 0.2) is 36.4 Å². The van der Waals surface area contributed by atoms with Gasteiger partial charge in [-0.15, -0.1) is 5.92 Å². The third kappa shape index (κ3) is 4.23. The molecule has 118 valence electrons. The molecule has 2 rings (SSSR count). The quantitative estimate of drug-likeness (QED) is 0.379. The number of benzene rings is 2. The van der Waals surface area contributed by atoms with Crippen LogP contribution in [0.4, 0.5) is 17.6 Å². The van der Waals surface area contributed by atoms with Crippen molar-refractivity contribution in [3.8, 4) is 11.8 Å². The zero-order chi connectivity index (χ0) is 17.0. The molecule has 0 heterocycles. The summed E-state index contributed by atoms with van der Waals surface area (Å²) in [5, 5.41) is 0. The highest BCUT2D eigenvalue weighted by Crippen LogP contribution is 2.31. The summed E-state index contributed by atoms with van der Waals surface area (Å²) in [4.78, 5) is 0. The zero-order valence-corrected chi connectivity index (χ0v) is 12.6.